The molecule has 6 heteroatoms. The molecular formula is C18H25NO5. The second-order valence-electron chi connectivity index (χ2n) is 7.21. The van der Waals surface area contributed by atoms with Crippen LogP contribution in [0.5, 0.6) is 0 Å². The number of carbonyl (C=O) groups is 2. The van der Waals surface area contributed by atoms with Crippen LogP contribution in [0.4, 0.5) is 4.79 Å². The Hall–Kier alpha value is -2.08. The van der Waals surface area contributed by atoms with Gasteiger partial charge in [0.25, 0.3) is 0 Å². The molecule has 6 nitrogen and oxygen atoms in total. The summed E-state index contributed by atoms with van der Waals surface area (Å²) >= 11 is 0. The number of amides is 1. The molecule has 2 unspecified atom stereocenters. The number of hydrogen-bond acceptors (Lipinski definition) is 5. The fourth-order valence-electron chi connectivity index (χ4n) is 2.74. The average Bonchev–Trinajstić information content (AvgIpc) is 2.92. The van der Waals surface area contributed by atoms with E-state index in [9.17, 15) is 9.59 Å². The maximum atomic E-state index is 12.7. The molecule has 0 N–H and O–H groups in total. The maximum absolute atomic E-state index is 12.7. The molecule has 1 fully saturated rings. The minimum atomic E-state index is -1.21. The van der Waals surface area contributed by atoms with Gasteiger partial charge in [0.05, 0.1) is 13.7 Å². The fraction of sp³-hybridized carbons (Fsp3) is 0.556. The van der Waals surface area contributed by atoms with Gasteiger partial charge in [-0.05, 0) is 12.5 Å². The van der Waals surface area contributed by atoms with Crippen molar-refractivity contribution in [3.05, 3.63) is 35.9 Å². The first-order chi connectivity index (χ1) is 11.2. The molecule has 0 radical (unpaired) electrons. The van der Waals surface area contributed by atoms with Crippen molar-refractivity contribution in [2.45, 2.75) is 46.1 Å². The first kappa shape index (κ1) is 18.3. The zero-order valence-electron chi connectivity index (χ0n) is 14.9. The Morgan fingerprint density at radius 2 is 1.92 bits per heavy atom. The number of rotatable bonds is 3. The number of benzene rings is 1. The highest BCUT2D eigenvalue weighted by Crippen LogP contribution is 2.38. The number of ether oxygens (including phenoxy) is 3. The molecule has 1 amide bonds. The monoisotopic (exact) mass is 335 g/mol. The SMILES string of the molecule is COC(=O)C1(C)COC(C(C)(C)C)N1C(=O)OCc1ccccc1. The molecule has 1 aliphatic heterocycles. The van der Waals surface area contributed by atoms with Crippen molar-refractivity contribution in [1.29, 1.82) is 0 Å². The molecule has 0 aliphatic carbocycles. The van der Waals surface area contributed by atoms with Gasteiger partial charge in [0.15, 0.2) is 5.54 Å². The van der Waals surface area contributed by atoms with Crippen LogP contribution in [0, 0.1) is 5.41 Å². The second kappa shape index (κ2) is 6.81. The summed E-state index contributed by atoms with van der Waals surface area (Å²) in [7, 11) is 1.30. The Bertz CT molecular complexity index is 595. The summed E-state index contributed by atoms with van der Waals surface area (Å²) < 4.78 is 16.1. The van der Waals surface area contributed by atoms with Crippen molar-refractivity contribution in [1.82, 2.24) is 4.90 Å². The lowest BCUT2D eigenvalue weighted by molar-refractivity contribution is -0.152. The number of methoxy groups -OCH3 is 1. The summed E-state index contributed by atoms with van der Waals surface area (Å²) in [6.45, 7) is 7.66. The van der Waals surface area contributed by atoms with Crippen LogP contribution in [0.15, 0.2) is 30.3 Å². The van der Waals surface area contributed by atoms with E-state index in [0.717, 1.165) is 5.56 Å². The topological polar surface area (TPSA) is 65.1 Å². The molecule has 132 valence electrons. The largest absolute Gasteiger partial charge is 0.467 e. The third-order valence-electron chi connectivity index (χ3n) is 4.06. The highest BCUT2D eigenvalue weighted by Gasteiger charge is 2.56. The van der Waals surface area contributed by atoms with E-state index in [2.05, 4.69) is 0 Å². The third-order valence-corrected chi connectivity index (χ3v) is 4.06. The normalized spacial score (nSPS) is 23.9. The van der Waals surface area contributed by atoms with E-state index in [4.69, 9.17) is 14.2 Å². The number of carbonyl (C=O) groups excluding carboxylic acids is 2. The van der Waals surface area contributed by atoms with Gasteiger partial charge >= 0.3 is 12.1 Å². The van der Waals surface area contributed by atoms with Gasteiger partial charge in [0, 0.05) is 5.41 Å². The molecular weight excluding hydrogens is 310 g/mol. The van der Waals surface area contributed by atoms with Crippen LogP contribution in [-0.4, -0.2) is 42.4 Å². The van der Waals surface area contributed by atoms with Crippen molar-refractivity contribution in [2.24, 2.45) is 5.41 Å². The Morgan fingerprint density at radius 1 is 1.29 bits per heavy atom. The van der Waals surface area contributed by atoms with Gasteiger partial charge in [-0.2, -0.15) is 0 Å². The smallest absolute Gasteiger partial charge is 0.413 e. The van der Waals surface area contributed by atoms with Gasteiger partial charge in [-0.15, -0.1) is 0 Å². The van der Waals surface area contributed by atoms with E-state index in [0.29, 0.717) is 0 Å². The Labute approximate surface area is 142 Å². The van der Waals surface area contributed by atoms with Gasteiger partial charge in [0.2, 0.25) is 0 Å². The minimum Gasteiger partial charge on any atom is -0.467 e. The lowest BCUT2D eigenvalue weighted by Crippen LogP contribution is -2.57. The fourth-order valence-corrected chi connectivity index (χ4v) is 2.74. The quantitative estimate of drug-likeness (QED) is 0.795. The van der Waals surface area contributed by atoms with Crippen molar-refractivity contribution in [3.63, 3.8) is 0 Å². The predicted octanol–water partition coefficient (Wildman–Crippen LogP) is 2.96. The minimum absolute atomic E-state index is 0.0715. The molecule has 24 heavy (non-hydrogen) atoms. The van der Waals surface area contributed by atoms with Crippen LogP contribution < -0.4 is 0 Å². The first-order valence-corrected chi connectivity index (χ1v) is 7.90. The van der Waals surface area contributed by atoms with Crippen LogP contribution >= 0.6 is 0 Å². The van der Waals surface area contributed by atoms with Gasteiger partial charge < -0.3 is 14.2 Å². The van der Waals surface area contributed by atoms with Crippen molar-refractivity contribution >= 4 is 12.1 Å². The average molecular weight is 335 g/mol. The Balaban J connectivity index is 2.22. The summed E-state index contributed by atoms with van der Waals surface area (Å²) in [5.41, 5.74) is -0.712. The highest BCUT2D eigenvalue weighted by atomic mass is 16.6. The molecule has 1 heterocycles. The number of hydrogen-bond donors (Lipinski definition) is 0. The number of nitrogens with zero attached hydrogens (tertiary/aromatic N) is 1. The summed E-state index contributed by atoms with van der Waals surface area (Å²) in [6.07, 6.45) is -1.17. The third kappa shape index (κ3) is 3.53. The Kier molecular flexibility index (Phi) is 5.18. The Morgan fingerprint density at radius 3 is 2.46 bits per heavy atom. The van der Waals surface area contributed by atoms with Crippen LogP contribution in [0.3, 0.4) is 0 Å². The van der Waals surface area contributed by atoms with Gasteiger partial charge in [-0.3, -0.25) is 4.90 Å². The molecule has 0 spiro atoms. The van der Waals surface area contributed by atoms with Gasteiger partial charge in [-0.1, -0.05) is 51.1 Å². The van der Waals surface area contributed by atoms with E-state index in [1.54, 1.807) is 6.92 Å². The van der Waals surface area contributed by atoms with Gasteiger partial charge in [-0.25, -0.2) is 9.59 Å². The molecule has 1 aromatic rings. The molecule has 1 saturated heterocycles. The summed E-state index contributed by atoms with van der Waals surface area (Å²) in [4.78, 5) is 26.3. The molecule has 0 bridgehead atoms. The van der Waals surface area contributed by atoms with Gasteiger partial charge in [0.1, 0.15) is 12.8 Å². The van der Waals surface area contributed by atoms with E-state index < -0.39 is 23.8 Å². The second-order valence-corrected chi connectivity index (χ2v) is 7.21. The molecule has 0 aromatic heterocycles. The van der Waals surface area contributed by atoms with Crippen molar-refractivity contribution < 1.29 is 23.8 Å². The summed E-state index contributed by atoms with van der Waals surface area (Å²) in [5, 5.41) is 0. The maximum Gasteiger partial charge on any atom is 0.413 e. The first-order valence-electron chi connectivity index (χ1n) is 7.90. The summed E-state index contributed by atoms with van der Waals surface area (Å²) in [6, 6.07) is 9.38. The molecule has 2 atom stereocenters. The van der Waals surface area contributed by atoms with Crippen molar-refractivity contribution in [3.8, 4) is 0 Å². The van der Waals surface area contributed by atoms with Crippen LogP contribution in [0.2, 0.25) is 0 Å². The van der Waals surface area contributed by atoms with Crippen molar-refractivity contribution in [2.75, 3.05) is 13.7 Å². The highest BCUT2D eigenvalue weighted by molar-refractivity contribution is 5.86. The standard InChI is InChI=1S/C18H25NO5/c1-17(2,3)14-19(18(4,12-24-14)15(20)22-5)16(21)23-11-13-9-7-6-8-10-13/h6-10,14H,11-12H2,1-5H3. The predicted molar refractivity (Wildman–Crippen MR) is 88.1 cm³/mol. The molecule has 1 aromatic carbocycles. The summed E-state index contributed by atoms with van der Waals surface area (Å²) in [5.74, 6) is -0.522. The zero-order chi connectivity index (χ0) is 18.0. The van der Waals surface area contributed by atoms with E-state index >= 15 is 0 Å². The number of esters is 1. The molecule has 2 rings (SSSR count). The molecule has 1 aliphatic rings. The van der Waals surface area contributed by atoms with E-state index in [-0.39, 0.29) is 18.6 Å². The van der Waals surface area contributed by atoms with E-state index in [1.807, 2.05) is 51.1 Å². The van der Waals surface area contributed by atoms with Crippen LogP contribution in [0.25, 0.3) is 0 Å². The van der Waals surface area contributed by atoms with E-state index in [1.165, 1.54) is 12.0 Å². The molecule has 0 saturated carbocycles. The lowest BCUT2D eigenvalue weighted by atomic mass is 9.91. The van der Waals surface area contributed by atoms with Crippen LogP contribution in [0.1, 0.15) is 33.3 Å². The lowest BCUT2D eigenvalue weighted by Gasteiger charge is -2.38. The van der Waals surface area contributed by atoms with Crippen LogP contribution in [-0.2, 0) is 25.6 Å². The zero-order valence-corrected chi connectivity index (χ0v) is 14.9.